The third kappa shape index (κ3) is 2.60. The highest BCUT2D eigenvalue weighted by Crippen LogP contribution is 2.22. The van der Waals surface area contributed by atoms with Crippen LogP contribution in [0.2, 0.25) is 5.02 Å². The second kappa shape index (κ2) is 5.59. The van der Waals surface area contributed by atoms with Gasteiger partial charge in [-0.3, -0.25) is 4.79 Å². The number of benzene rings is 1. The van der Waals surface area contributed by atoms with Gasteiger partial charge in [0, 0.05) is 12.1 Å². The summed E-state index contributed by atoms with van der Waals surface area (Å²) in [4.78, 5) is 14.3. The summed E-state index contributed by atoms with van der Waals surface area (Å²) in [5.41, 5.74) is 6.71. The molecule has 0 saturated carbocycles. The molecule has 0 aromatic heterocycles. The number of carbonyl (C=O) groups excluding carboxylic acids is 1. The van der Waals surface area contributed by atoms with Crippen molar-refractivity contribution in [2.75, 3.05) is 25.5 Å². The lowest BCUT2D eigenvalue weighted by atomic mass is 10.1. The van der Waals surface area contributed by atoms with E-state index in [1.807, 2.05) is 4.90 Å². The number of carbonyl (C=O) groups is 1. The maximum absolute atomic E-state index is 12.4. The van der Waals surface area contributed by atoms with Crippen molar-refractivity contribution in [2.45, 2.75) is 19.4 Å². The first-order chi connectivity index (χ1) is 8.63. The van der Waals surface area contributed by atoms with Crippen LogP contribution in [-0.2, 0) is 4.74 Å². The number of nitrogens with zero attached hydrogens (tertiary/aromatic N) is 1. The molecule has 98 valence electrons. The number of amides is 1. The molecule has 0 bridgehead atoms. The van der Waals surface area contributed by atoms with E-state index in [0.717, 1.165) is 6.42 Å². The van der Waals surface area contributed by atoms with Crippen molar-refractivity contribution in [3.63, 3.8) is 0 Å². The number of morpholine rings is 1. The van der Waals surface area contributed by atoms with Gasteiger partial charge in [0.25, 0.3) is 5.91 Å². The van der Waals surface area contributed by atoms with Crippen LogP contribution in [0.15, 0.2) is 18.2 Å². The SMILES string of the molecule is CCC1COCCN1C(=O)c1ccc(N)c(Cl)c1. The van der Waals surface area contributed by atoms with Crippen LogP contribution in [0.5, 0.6) is 0 Å². The zero-order valence-corrected chi connectivity index (χ0v) is 11.1. The van der Waals surface area contributed by atoms with Crippen LogP contribution in [0, 0.1) is 0 Å². The summed E-state index contributed by atoms with van der Waals surface area (Å²) >= 11 is 5.95. The number of hydrogen-bond acceptors (Lipinski definition) is 3. The second-order valence-corrected chi connectivity index (χ2v) is 4.78. The highest BCUT2D eigenvalue weighted by Gasteiger charge is 2.26. The molecule has 2 rings (SSSR count). The van der Waals surface area contributed by atoms with Crippen LogP contribution >= 0.6 is 11.6 Å². The Kier molecular flexibility index (Phi) is 4.09. The number of hydrogen-bond donors (Lipinski definition) is 1. The Labute approximate surface area is 112 Å². The van der Waals surface area contributed by atoms with Crippen LogP contribution in [-0.4, -0.2) is 36.6 Å². The minimum atomic E-state index is -0.00736. The fourth-order valence-electron chi connectivity index (χ4n) is 2.09. The maximum Gasteiger partial charge on any atom is 0.254 e. The van der Waals surface area contributed by atoms with Gasteiger partial charge in [-0.25, -0.2) is 0 Å². The van der Waals surface area contributed by atoms with Gasteiger partial charge < -0.3 is 15.4 Å². The van der Waals surface area contributed by atoms with Crippen LogP contribution < -0.4 is 5.73 Å². The van der Waals surface area contributed by atoms with Crippen molar-refractivity contribution in [3.05, 3.63) is 28.8 Å². The first-order valence-corrected chi connectivity index (χ1v) is 6.45. The van der Waals surface area contributed by atoms with Crippen molar-refractivity contribution in [3.8, 4) is 0 Å². The summed E-state index contributed by atoms with van der Waals surface area (Å²) in [6, 6.07) is 5.15. The predicted octanol–water partition coefficient (Wildman–Crippen LogP) is 2.17. The molecule has 0 aliphatic carbocycles. The number of anilines is 1. The van der Waals surface area contributed by atoms with E-state index in [9.17, 15) is 4.79 Å². The van der Waals surface area contributed by atoms with Gasteiger partial charge in [0.05, 0.1) is 30.0 Å². The number of halogens is 1. The van der Waals surface area contributed by atoms with Crippen molar-refractivity contribution >= 4 is 23.2 Å². The molecule has 18 heavy (non-hydrogen) atoms. The quantitative estimate of drug-likeness (QED) is 0.837. The van der Waals surface area contributed by atoms with Crippen LogP contribution in [0.1, 0.15) is 23.7 Å². The number of ether oxygens (including phenoxy) is 1. The molecular weight excluding hydrogens is 252 g/mol. The highest BCUT2D eigenvalue weighted by atomic mass is 35.5. The predicted molar refractivity (Wildman–Crippen MR) is 71.8 cm³/mol. The smallest absolute Gasteiger partial charge is 0.254 e. The molecule has 1 atom stereocenters. The fourth-order valence-corrected chi connectivity index (χ4v) is 2.27. The molecular formula is C13H17ClN2O2. The minimum Gasteiger partial charge on any atom is -0.398 e. The third-order valence-corrected chi connectivity index (χ3v) is 3.53. The van der Waals surface area contributed by atoms with Gasteiger partial charge in [0.1, 0.15) is 0 Å². The van der Waals surface area contributed by atoms with Gasteiger partial charge in [0.15, 0.2) is 0 Å². The molecule has 1 heterocycles. The summed E-state index contributed by atoms with van der Waals surface area (Å²) in [5, 5.41) is 0.419. The van der Waals surface area contributed by atoms with Gasteiger partial charge in [-0.15, -0.1) is 0 Å². The van der Waals surface area contributed by atoms with Crippen LogP contribution in [0.3, 0.4) is 0 Å². The zero-order chi connectivity index (χ0) is 13.1. The normalized spacial score (nSPS) is 19.9. The largest absolute Gasteiger partial charge is 0.398 e. The molecule has 1 fully saturated rings. The molecule has 0 spiro atoms. The molecule has 1 aromatic rings. The molecule has 0 radical (unpaired) electrons. The molecule has 1 saturated heterocycles. The Morgan fingerprint density at radius 1 is 1.61 bits per heavy atom. The summed E-state index contributed by atoms with van der Waals surface area (Å²) in [6.07, 6.45) is 0.883. The Morgan fingerprint density at radius 2 is 2.39 bits per heavy atom. The lowest BCUT2D eigenvalue weighted by Gasteiger charge is -2.35. The molecule has 1 amide bonds. The van der Waals surface area contributed by atoms with Crippen LogP contribution in [0.4, 0.5) is 5.69 Å². The van der Waals surface area contributed by atoms with E-state index < -0.39 is 0 Å². The Balaban J connectivity index is 2.21. The number of rotatable bonds is 2. The van der Waals surface area contributed by atoms with E-state index in [4.69, 9.17) is 22.1 Å². The van der Waals surface area contributed by atoms with Crippen molar-refractivity contribution in [2.24, 2.45) is 0 Å². The fraction of sp³-hybridized carbons (Fsp3) is 0.462. The van der Waals surface area contributed by atoms with Crippen molar-refractivity contribution in [1.29, 1.82) is 0 Å². The monoisotopic (exact) mass is 268 g/mol. The lowest BCUT2D eigenvalue weighted by Crippen LogP contribution is -2.48. The van der Waals surface area contributed by atoms with Gasteiger partial charge in [-0.2, -0.15) is 0 Å². The summed E-state index contributed by atoms with van der Waals surface area (Å²) in [5.74, 6) is -0.00736. The molecule has 1 aromatic carbocycles. The molecule has 2 N–H and O–H groups in total. The van der Waals surface area contributed by atoms with Gasteiger partial charge >= 0.3 is 0 Å². The average molecular weight is 269 g/mol. The lowest BCUT2D eigenvalue weighted by molar-refractivity contribution is -0.00279. The van der Waals surface area contributed by atoms with E-state index in [1.165, 1.54) is 0 Å². The summed E-state index contributed by atoms with van der Waals surface area (Å²) in [6.45, 7) is 3.87. The van der Waals surface area contributed by atoms with Gasteiger partial charge in [0.2, 0.25) is 0 Å². The highest BCUT2D eigenvalue weighted by molar-refractivity contribution is 6.33. The molecule has 4 nitrogen and oxygen atoms in total. The van der Waals surface area contributed by atoms with Crippen LogP contribution in [0.25, 0.3) is 0 Å². The number of nitrogen functional groups attached to an aromatic ring is 1. The van der Waals surface area contributed by atoms with Crippen molar-refractivity contribution in [1.82, 2.24) is 4.90 Å². The number of nitrogens with two attached hydrogens (primary N) is 1. The van der Waals surface area contributed by atoms with E-state index in [2.05, 4.69) is 6.92 Å². The Hall–Kier alpha value is -1.26. The Morgan fingerprint density at radius 3 is 3.06 bits per heavy atom. The first kappa shape index (κ1) is 13.2. The molecule has 1 aliphatic heterocycles. The molecule has 1 aliphatic rings. The van der Waals surface area contributed by atoms with Crippen molar-refractivity contribution < 1.29 is 9.53 Å². The zero-order valence-electron chi connectivity index (χ0n) is 10.4. The van der Waals surface area contributed by atoms with E-state index in [1.54, 1.807) is 18.2 Å². The second-order valence-electron chi connectivity index (χ2n) is 4.37. The topological polar surface area (TPSA) is 55.6 Å². The van der Waals surface area contributed by atoms with E-state index >= 15 is 0 Å². The molecule has 5 heteroatoms. The summed E-state index contributed by atoms with van der Waals surface area (Å²) in [7, 11) is 0. The first-order valence-electron chi connectivity index (χ1n) is 6.07. The minimum absolute atomic E-state index is 0.00736. The Bertz CT molecular complexity index is 451. The van der Waals surface area contributed by atoms with E-state index in [0.29, 0.717) is 36.0 Å². The standard InChI is InChI=1S/C13H17ClN2O2/c1-2-10-8-18-6-5-16(10)13(17)9-3-4-12(15)11(14)7-9/h3-4,7,10H,2,5-6,8,15H2,1H3. The average Bonchev–Trinajstić information content (AvgIpc) is 2.41. The third-order valence-electron chi connectivity index (χ3n) is 3.21. The van der Waals surface area contributed by atoms with E-state index in [-0.39, 0.29) is 11.9 Å². The molecule has 1 unspecified atom stereocenters. The summed E-state index contributed by atoms with van der Waals surface area (Å²) < 4.78 is 5.39. The van der Waals surface area contributed by atoms with Gasteiger partial charge in [-0.1, -0.05) is 18.5 Å². The van der Waals surface area contributed by atoms with Gasteiger partial charge in [-0.05, 0) is 24.6 Å². The maximum atomic E-state index is 12.4.